The molecule has 0 fully saturated rings. The molecule has 5 nitrogen and oxygen atoms in total. The SMILES string of the molecule is Cc1noc(C)c1CSCc1nnc(-c2ccccc2)o1. The summed E-state index contributed by atoms with van der Waals surface area (Å²) >= 11 is 1.70. The van der Waals surface area contributed by atoms with Gasteiger partial charge in [-0.2, -0.15) is 0 Å². The number of thioether (sulfide) groups is 1. The number of rotatable bonds is 5. The fourth-order valence-electron chi connectivity index (χ4n) is 1.96. The first-order valence-corrected chi connectivity index (χ1v) is 7.77. The first kappa shape index (κ1) is 13.9. The van der Waals surface area contributed by atoms with E-state index in [2.05, 4.69) is 15.4 Å². The van der Waals surface area contributed by atoms with Crippen LogP contribution in [0.25, 0.3) is 11.5 Å². The summed E-state index contributed by atoms with van der Waals surface area (Å²) in [6, 6.07) is 9.76. The Bertz CT molecular complexity index is 702. The van der Waals surface area contributed by atoms with E-state index in [1.807, 2.05) is 44.2 Å². The summed E-state index contributed by atoms with van der Waals surface area (Å²) in [7, 11) is 0. The van der Waals surface area contributed by atoms with Crippen LogP contribution in [0.1, 0.15) is 22.9 Å². The van der Waals surface area contributed by atoms with Crippen LogP contribution in [0.15, 0.2) is 39.3 Å². The zero-order valence-electron chi connectivity index (χ0n) is 11.9. The molecule has 3 aromatic rings. The van der Waals surface area contributed by atoms with Crippen LogP contribution >= 0.6 is 11.8 Å². The molecular weight excluding hydrogens is 286 g/mol. The van der Waals surface area contributed by atoms with Crippen molar-refractivity contribution in [3.8, 4) is 11.5 Å². The van der Waals surface area contributed by atoms with Crippen molar-refractivity contribution >= 4 is 11.8 Å². The second-order valence-electron chi connectivity index (χ2n) is 4.66. The lowest BCUT2D eigenvalue weighted by atomic mass is 10.2. The van der Waals surface area contributed by atoms with Gasteiger partial charge in [0.1, 0.15) is 5.76 Å². The maximum atomic E-state index is 5.67. The van der Waals surface area contributed by atoms with Gasteiger partial charge in [0.15, 0.2) is 0 Å². The molecule has 0 aliphatic rings. The molecule has 0 saturated heterocycles. The molecule has 0 unspecified atom stereocenters. The van der Waals surface area contributed by atoms with Gasteiger partial charge in [0, 0.05) is 16.9 Å². The van der Waals surface area contributed by atoms with Crippen molar-refractivity contribution < 1.29 is 8.94 Å². The van der Waals surface area contributed by atoms with Gasteiger partial charge in [-0.1, -0.05) is 23.4 Å². The Hall–Kier alpha value is -2.08. The molecule has 0 N–H and O–H groups in total. The Kier molecular flexibility index (Phi) is 4.06. The maximum absolute atomic E-state index is 5.67. The molecule has 108 valence electrons. The van der Waals surface area contributed by atoms with Gasteiger partial charge in [-0.15, -0.1) is 22.0 Å². The maximum Gasteiger partial charge on any atom is 0.247 e. The number of benzene rings is 1. The first-order chi connectivity index (χ1) is 10.2. The van der Waals surface area contributed by atoms with Gasteiger partial charge in [0.05, 0.1) is 11.4 Å². The normalized spacial score (nSPS) is 11.0. The van der Waals surface area contributed by atoms with Crippen LogP contribution in [-0.4, -0.2) is 15.4 Å². The van der Waals surface area contributed by atoms with Gasteiger partial charge < -0.3 is 8.94 Å². The molecule has 2 heterocycles. The summed E-state index contributed by atoms with van der Waals surface area (Å²) < 4.78 is 10.8. The van der Waals surface area contributed by atoms with Gasteiger partial charge in [-0.25, -0.2) is 0 Å². The first-order valence-electron chi connectivity index (χ1n) is 6.61. The number of hydrogen-bond donors (Lipinski definition) is 0. The summed E-state index contributed by atoms with van der Waals surface area (Å²) in [5.74, 6) is 3.55. The van der Waals surface area contributed by atoms with Crippen molar-refractivity contribution in [2.75, 3.05) is 0 Å². The van der Waals surface area contributed by atoms with E-state index in [4.69, 9.17) is 8.94 Å². The molecule has 0 bridgehead atoms. The smallest absolute Gasteiger partial charge is 0.247 e. The average Bonchev–Trinajstić information content (AvgIpc) is 3.10. The van der Waals surface area contributed by atoms with Crippen molar-refractivity contribution in [2.45, 2.75) is 25.4 Å². The molecule has 0 amide bonds. The lowest BCUT2D eigenvalue weighted by Gasteiger charge is -1.98. The number of nitrogens with zero attached hydrogens (tertiary/aromatic N) is 3. The lowest BCUT2D eigenvalue weighted by molar-refractivity contribution is 0.392. The average molecular weight is 301 g/mol. The minimum absolute atomic E-state index is 0.559. The van der Waals surface area contributed by atoms with Crippen LogP contribution < -0.4 is 0 Å². The largest absolute Gasteiger partial charge is 0.420 e. The number of aromatic nitrogens is 3. The minimum atomic E-state index is 0.559. The standard InChI is InChI=1S/C15H15N3O2S/c1-10-13(11(2)20-18-10)8-21-9-14-16-17-15(19-14)12-6-4-3-5-7-12/h3-7H,8-9H2,1-2H3. The van der Waals surface area contributed by atoms with Gasteiger partial charge in [0.2, 0.25) is 11.8 Å². The third-order valence-electron chi connectivity index (χ3n) is 3.14. The molecule has 0 aliphatic heterocycles. The Labute approximate surface area is 126 Å². The molecule has 0 atom stereocenters. The Morgan fingerprint density at radius 2 is 1.86 bits per heavy atom. The molecule has 0 spiro atoms. The molecule has 2 aromatic heterocycles. The van der Waals surface area contributed by atoms with Crippen LogP contribution in [0.4, 0.5) is 0 Å². The molecule has 3 rings (SSSR count). The van der Waals surface area contributed by atoms with Gasteiger partial charge in [-0.3, -0.25) is 0 Å². The van der Waals surface area contributed by atoms with E-state index in [-0.39, 0.29) is 0 Å². The van der Waals surface area contributed by atoms with E-state index in [1.54, 1.807) is 11.8 Å². The van der Waals surface area contributed by atoms with Crippen LogP contribution in [0, 0.1) is 13.8 Å². The second-order valence-corrected chi connectivity index (χ2v) is 5.65. The summed E-state index contributed by atoms with van der Waals surface area (Å²) in [5.41, 5.74) is 3.02. The zero-order chi connectivity index (χ0) is 14.7. The fourth-order valence-corrected chi connectivity index (χ4v) is 2.97. The lowest BCUT2D eigenvalue weighted by Crippen LogP contribution is -1.87. The van der Waals surface area contributed by atoms with Gasteiger partial charge in [-0.05, 0) is 26.0 Å². The van der Waals surface area contributed by atoms with Crippen molar-refractivity contribution in [2.24, 2.45) is 0 Å². The highest BCUT2D eigenvalue weighted by molar-refractivity contribution is 7.97. The van der Waals surface area contributed by atoms with Crippen molar-refractivity contribution in [3.63, 3.8) is 0 Å². The van der Waals surface area contributed by atoms with Crippen LogP contribution in [0.5, 0.6) is 0 Å². The summed E-state index contributed by atoms with van der Waals surface area (Å²) in [5, 5.41) is 12.1. The number of hydrogen-bond acceptors (Lipinski definition) is 6. The molecule has 0 aliphatic carbocycles. The van der Waals surface area contributed by atoms with Crippen molar-refractivity contribution in [1.29, 1.82) is 0 Å². The molecule has 6 heteroatoms. The monoisotopic (exact) mass is 301 g/mol. The third kappa shape index (κ3) is 3.16. The molecule has 0 saturated carbocycles. The summed E-state index contributed by atoms with van der Waals surface area (Å²) in [4.78, 5) is 0. The Morgan fingerprint density at radius 3 is 2.57 bits per heavy atom. The Morgan fingerprint density at radius 1 is 1.05 bits per heavy atom. The second kappa shape index (κ2) is 6.13. The van der Waals surface area contributed by atoms with E-state index >= 15 is 0 Å². The highest BCUT2D eigenvalue weighted by Crippen LogP contribution is 2.23. The molecule has 21 heavy (non-hydrogen) atoms. The van der Waals surface area contributed by atoms with E-state index in [1.165, 1.54) is 0 Å². The third-order valence-corrected chi connectivity index (χ3v) is 4.08. The van der Waals surface area contributed by atoms with Crippen molar-refractivity contribution in [1.82, 2.24) is 15.4 Å². The van der Waals surface area contributed by atoms with E-state index in [0.717, 1.165) is 28.3 Å². The topological polar surface area (TPSA) is 65.0 Å². The predicted octanol–water partition coefficient (Wildman–Crippen LogP) is 3.77. The van der Waals surface area contributed by atoms with Crippen LogP contribution in [0.3, 0.4) is 0 Å². The highest BCUT2D eigenvalue weighted by atomic mass is 32.2. The summed E-state index contributed by atoms with van der Waals surface area (Å²) in [6.07, 6.45) is 0. The summed E-state index contributed by atoms with van der Waals surface area (Å²) in [6.45, 7) is 3.88. The highest BCUT2D eigenvalue weighted by Gasteiger charge is 2.11. The zero-order valence-corrected chi connectivity index (χ0v) is 12.7. The van der Waals surface area contributed by atoms with Crippen LogP contribution in [-0.2, 0) is 11.5 Å². The van der Waals surface area contributed by atoms with Gasteiger partial charge >= 0.3 is 0 Å². The van der Waals surface area contributed by atoms with Crippen molar-refractivity contribution in [3.05, 3.63) is 53.2 Å². The quantitative estimate of drug-likeness (QED) is 0.714. The molecule has 1 aromatic carbocycles. The van der Waals surface area contributed by atoms with E-state index < -0.39 is 0 Å². The fraction of sp³-hybridized carbons (Fsp3) is 0.267. The van der Waals surface area contributed by atoms with E-state index in [0.29, 0.717) is 17.5 Å². The Balaban J connectivity index is 1.61. The molecule has 0 radical (unpaired) electrons. The van der Waals surface area contributed by atoms with E-state index in [9.17, 15) is 0 Å². The molecular formula is C15H15N3O2S. The number of aryl methyl sites for hydroxylation is 2. The van der Waals surface area contributed by atoms with Gasteiger partial charge in [0.25, 0.3) is 0 Å². The van der Waals surface area contributed by atoms with Crippen LogP contribution in [0.2, 0.25) is 0 Å². The predicted molar refractivity (Wildman–Crippen MR) is 80.7 cm³/mol. The minimum Gasteiger partial charge on any atom is -0.420 e.